The van der Waals surface area contributed by atoms with Gasteiger partial charge in [0.05, 0.1) is 12.3 Å². The summed E-state index contributed by atoms with van der Waals surface area (Å²) >= 11 is 2.06. The van der Waals surface area contributed by atoms with Crippen molar-refractivity contribution < 1.29 is 18.7 Å². The minimum absolute atomic E-state index is 0.0930. The molecule has 2 aromatic heterocycles. The highest BCUT2D eigenvalue weighted by Gasteiger charge is 2.26. The van der Waals surface area contributed by atoms with Crippen LogP contribution in [0.1, 0.15) is 26.7 Å². The Morgan fingerprint density at radius 2 is 2.03 bits per heavy atom. The number of hydrogen-bond donors (Lipinski definition) is 0. The molecule has 1 aliphatic heterocycles. The Morgan fingerprint density at radius 3 is 2.73 bits per heavy atom. The summed E-state index contributed by atoms with van der Waals surface area (Å²) in [5.41, 5.74) is 0.782. The van der Waals surface area contributed by atoms with Crippen LogP contribution in [-0.4, -0.2) is 56.0 Å². The summed E-state index contributed by atoms with van der Waals surface area (Å²) in [5, 5.41) is 4.90. The van der Waals surface area contributed by atoms with Gasteiger partial charge in [-0.15, -0.1) is 0 Å². The van der Waals surface area contributed by atoms with Gasteiger partial charge in [0.1, 0.15) is 29.3 Å². The molecule has 1 aromatic carbocycles. The van der Waals surface area contributed by atoms with Gasteiger partial charge in [0, 0.05) is 29.5 Å². The number of halogens is 2. The van der Waals surface area contributed by atoms with Crippen LogP contribution in [0.5, 0.6) is 5.88 Å². The van der Waals surface area contributed by atoms with E-state index in [1.807, 2.05) is 19.9 Å². The Balaban J connectivity index is 1.50. The first-order chi connectivity index (χ1) is 14.4. The molecule has 10 heteroatoms. The average Bonchev–Trinajstić information content (AvgIpc) is 3.13. The van der Waals surface area contributed by atoms with Gasteiger partial charge < -0.3 is 14.4 Å². The lowest BCUT2D eigenvalue weighted by molar-refractivity contribution is 0.0511. The maximum absolute atomic E-state index is 14.4. The van der Waals surface area contributed by atoms with E-state index in [0.717, 1.165) is 3.57 Å². The topological polar surface area (TPSA) is 82.4 Å². The van der Waals surface area contributed by atoms with Gasteiger partial charge in [0.2, 0.25) is 5.88 Å². The molecule has 0 unspecified atom stereocenters. The van der Waals surface area contributed by atoms with Gasteiger partial charge in [0.15, 0.2) is 5.65 Å². The summed E-state index contributed by atoms with van der Waals surface area (Å²) < 4.78 is 28.0. The second-order valence-corrected chi connectivity index (χ2v) is 8.55. The van der Waals surface area contributed by atoms with E-state index in [2.05, 4.69) is 37.7 Å². The molecule has 0 aliphatic carbocycles. The second-order valence-electron chi connectivity index (χ2n) is 7.30. The molecule has 30 heavy (non-hydrogen) atoms. The smallest absolute Gasteiger partial charge is 0.410 e. The van der Waals surface area contributed by atoms with Crippen molar-refractivity contribution in [3.63, 3.8) is 0 Å². The minimum atomic E-state index is -0.381. The molecule has 1 aliphatic rings. The van der Waals surface area contributed by atoms with Crippen LogP contribution in [0.4, 0.5) is 9.18 Å². The van der Waals surface area contributed by atoms with Crippen molar-refractivity contribution in [2.75, 3.05) is 13.1 Å². The summed E-state index contributed by atoms with van der Waals surface area (Å²) in [5.74, 6) is 0.0222. The summed E-state index contributed by atoms with van der Waals surface area (Å²) in [4.78, 5) is 22.2. The van der Waals surface area contributed by atoms with E-state index in [1.165, 1.54) is 17.1 Å². The summed E-state index contributed by atoms with van der Waals surface area (Å²) in [7, 11) is 0. The number of likely N-dealkylation sites (tertiary alicyclic amines) is 1. The van der Waals surface area contributed by atoms with Gasteiger partial charge in [-0.2, -0.15) is 5.10 Å². The van der Waals surface area contributed by atoms with Gasteiger partial charge in [0.25, 0.3) is 0 Å². The Bertz CT molecular complexity index is 1070. The fourth-order valence-corrected chi connectivity index (χ4v) is 3.79. The quantitative estimate of drug-likeness (QED) is 0.480. The third kappa shape index (κ3) is 4.32. The summed E-state index contributed by atoms with van der Waals surface area (Å²) in [6.45, 7) is 4.77. The van der Waals surface area contributed by atoms with Crippen molar-refractivity contribution in [1.82, 2.24) is 24.6 Å². The van der Waals surface area contributed by atoms with Gasteiger partial charge in [-0.3, -0.25) is 0 Å². The summed E-state index contributed by atoms with van der Waals surface area (Å²) in [6.07, 6.45) is 3.76. The molecule has 1 fully saturated rings. The van der Waals surface area contributed by atoms with Crippen molar-refractivity contribution in [2.45, 2.75) is 38.9 Å². The molecule has 0 radical (unpaired) electrons. The van der Waals surface area contributed by atoms with Gasteiger partial charge >= 0.3 is 6.09 Å². The molecule has 0 spiro atoms. The molecule has 1 saturated heterocycles. The third-order valence-electron chi connectivity index (χ3n) is 4.78. The fraction of sp³-hybridized carbons (Fsp3) is 0.400. The zero-order valence-electron chi connectivity index (χ0n) is 16.6. The van der Waals surface area contributed by atoms with Crippen molar-refractivity contribution in [3.8, 4) is 11.6 Å². The number of nitrogens with zero attached hydrogens (tertiary/aromatic N) is 5. The number of carbonyl (C=O) groups excluding carboxylic acids is 1. The predicted octanol–water partition coefficient (Wildman–Crippen LogP) is 3.95. The lowest BCUT2D eigenvalue weighted by Crippen LogP contribution is -2.42. The number of aromatic nitrogens is 4. The van der Waals surface area contributed by atoms with Gasteiger partial charge in [-0.1, -0.05) is 0 Å². The molecule has 1 amide bonds. The van der Waals surface area contributed by atoms with Crippen molar-refractivity contribution in [2.24, 2.45) is 0 Å². The van der Waals surface area contributed by atoms with Crippen LogP contribution >= 0.6 is 22.6 Å². The number of benzene rings is 1. The van der Waals surface area contributed by atoms with Crippen LogP contribution in [0.2, 0.25) is 0 Å². The van der Waals surface area contributed by atoms with E-state index in [9.17, 15) is 9.18 Å². The zero-order valence-corrected chi connectivity index (χ0v) is 18.7. The first kappa shape index (κ1) is 20.8. The molecule has 8 nitrogen and oxygen atoms in total. The number of piperidine rings is 1. The van der Waals surface area contributed by atoms with Gasteiger partial charge in [-0.05, 0) is 54.6 Å². The molecule has 0 atom stereocenters. The van der Waals surface area contributed by atoms with Gasteiger partial charge in [-0.25, -0.2) is 23.8 Å². The van der Waals surface area contributed by atoms with Crippen molar-refractivity contribution in [1.29, 1.82) is 0 Å². The highest BCUT2D eigenvalue weighted by atomic mass is 127. The lowest BCUT2D eigenvalue weighted by atomic mass is 10.1. The summed E-state index contributed by atoms with van der Waals surface area (Å²) in [6, 6.07) is 4.92. The molecule has 0 saturated carbocycles. The molecule has 3 heterocycles. The van der Waals surface area contributed by atoms with Crippen LogP contribution in [-0.2, 0) is 4.74 Å². The number of ether oxygens (including phenoxy) is 2. The van der Waals surface area contributed by atoms with E-state index in [1.54, 1.807) is 17.2 Å². The van der Waals surface area contributed by atoms with E-state index in [-0.39, 0.29) is 24.1 Å². The predicted molar refractivity (Wildman–Crippen MR) is 116 cm³/mol. The third-order valence-corrected chi connectivity index (χ3v) is 5.45. The molecule has 158 valence electrons. The van der Waals surface area contributed by atoms with Crippen LogP contribution in [0.25, 0.3) is 16.7 Å². The fourth-order valence-electron chi connectivity index (χ4n) is 3.34. The number of hydrogen-bond acceptors (Lipinski definition) is 6. The SMILES string of the molecule is CC(C)OC(=O)N1CCC(Oc2ncnc3c2cnn3-c2ccc(I)cc2F)CC1. The van der Waals surface area contributed by atoms with Crippen LogP contribution in [0.15, 0.2) is 30.7 Å². The minimum Gasteiger partial charge on any atom is -0.474 e. The van der Waals surface area contributed by atoms with Crippen molar-refractivity contribution in [3.05, 3.63) is 40.1 Å². The Hall–Kier alpha value is -2.50. The van der Waals surface area contributed by atoms with Crippen LogP contribution < -0.4 is 4.74 Å². The van der Waals surface area contributed by atoms with Crippen LogP contribution in [0, 0.1) is 9.39 Å². The molecule has 0 bridgehead atoms. The van der Waals surface area contributed by atoms with E-state index in [4.69, 9.17) is 9.47 Å². The number of amides is 1. The number of carbonyl (C=O) groups is 1. The second kappa shape index (κ2) is 8.70. The Labute approximate surface area is 186 Å². The number of fused-ring (bicyclic) bond motifs is 1. The average molecular weight is 525 g/mol. The molecule has 3 aromatic rings. The first-order valence-corrected chi connectivity index (χ1v) is 10.8. The normalized spacial score (nSPS) is 15.0. The monoisotopic (exact) mass is 525 g/mol. The lowest BCUT2D eigenvalue weighted by Gasteiger charge is -2.31. The first-order valence-electron chi connectivity index (χ1n) is 9.68. The van der Waals surface area contributed by atoms with E-state index in [0.29, 0.717) is 48.5 Å². The Morgan fingerprint density at radius 1 is 1.27 bits per heavy atom. The van der Waals surface area contributed by atoms with Crippen LogP contribution in [0.3, 0.4) is 0 Å². The maximum Gasteiger partial charge on any atom is 0.410 e. The maximum atomic E-state index is 14.4. The molecular weight excluding hydrogens is 504 g/mol. The standard InChI is InChI=1S/C20H21FIN5O3/c1-12(2)29-20(28)26-7-5-14(6-8-26)30-19-15-10-25-27(18(15)23-11-24-19)17-4-3-13(22)9-16(17)21/h3-4,9-12,14H,5-8H2,1-2H3. The number of rotatable bonds is 4. The molecular formula is C20H21FIN5O3. The highest BCUT2D eigenvalue weighted by molar-refractivity contribution is 14.1. The van der Waals surface area contributed by atoms with E-state index < -0.39 is 0 Å². The highest BCUT2D eigenvalue weighted by Crippen LogP contribution is 2.27. The molecule has 4 rings (SSSR count). The van der Waals surface area contributed by atoms with Crippen molar-refractivity contribution >= 4 is 39.7 Å². The molecule has 0 N–H and O–H groups in total. The Kier molecular flexibility index (Phi) is 6.02. The largest absolute Gasteiger partial charge is 0.474 e. The zero-order chi connectivity index (χ0) is 21.3. The van der Waals surface area contributed by atoms with E-state index >= 15 is 0 Å².